The number of rotatable bonds is 7. The molecule has 1 heterocycles. The molecule has 0 spiro atoms. The van der Waals surface area contributed by atoms with Crippen molar-refractivity contribution in [3.05, 3.63) is 71.8 Å². The highest BCUT2D eigenvalue weighted by atomic mass is 16.5. The number of hydrogen-bond donors (Lipinski definition) is 2. The van der Waals surface area contributed by atoms with Crippen molar-refractivity contribution in [3.63, 3.8) is 0 Å². The molecule has 5 heteroatoms. The second-order valence-electron chi connectivity index (χ2n) is 7.17. The monoisotopic (exact) mass is 369 g/mol. The van der Waals surface area contributed by atoms with Crippen molar-refractivity contribution in [3.8, 4) is 0 Å². The van der Waals surface area contributed by atoms with Crippen molar-refractivity contribution < 1.29 is 10.0 Å². The summed E-state index contributed by atoms with van der Waals surface area (Å²) in [6.45, 7) is 14.3. The lowest BCUT2D eigenvalue weighted by Crippen LogP contribution is -2.56. The van der Waals surface area contributed by atoms with Gasteiger partial charge in [0.25, 0.3) is 5.91 Å². The number of allylic oxidation sites excluding steroid dienone is 3. The van der Waals surface area contributed by atoms with Crippen LogP contribution in [0.1, 0.15) is 36.7 Å². The fourth-order valence-corrected chi connectivity index (χ4v) is 3.61. The Hall–Kier alpha value is -2.21. The average Bonchev–Trinajstić information content (AvgIpc) is 2.67. The molecule has 1 unspecified atom stereocenters. The lowest BCUT2D eigenvalue weighted by atomic mass is 10.0. The summed E-state index contributed by atoms with van der Waals surface area (Å²) in [4.78, 5) is 16.4. The Morgan fingerprint density at radius 1 is 1.26 bits per heavy atom. The number of carbonyl (C=O) groups excluding carboxylic acids is 1. The van der Waals surface area contributed by atoms with Crippen LogP contribution in [0.4, 0.5) is 0 Å². The number of carbonyl (C=O) groups is 1. The largest absolute Gasteiger partial charge is 0.296 e. The number of benzene rings is 1. The Bertz CT molecular complexity index is 682. The number of hydroxylamine groups is 1. The quantitative estimate of drug-likeness (QED) is 0.439. The van der Waals surface area contributed by atoms with E-state index in [0.717, 1.165) is 31.7 Å². The zero-order valence-corrected chi connectivity index (χ0v) is 16.6. The fraction of sp³-hybridized carbons (Fsp3) is 0.409. The van der Waals surface area contributed by atoms with Crippen LogP contribution in [0.2, 0.25) is 0 Å². The van der Waals surface area contributed by atoms with Gasteiger partial charge in [-0.1, -0.05) is 43.0 Å². The minimum Gasteiger partial charge on any atom is -0.296 e. The Morgan fingerprint density at radius 2 is 1.89 bits per heavy atom. The van der Waals surface area contributed by atoms with Crippen LogP contribution in [0.3, 0.4) is 0 Å². The zero-order valence-electron chi connectivity index (χ0n) is 16.6. The molecule has 2 atom stereocenters. The maximum absolute atomic E-state index is 11.4. The molecule has 0 bridgehead atoms. The highest BCUT2D eigenvalue weighted by Gasteiger charge is 2.29. The molecule has 0 radical (unpaired) electrons. The maximum atomic E-state index is 11.4. The molecule has 1 aromatic rings. The van der Waals surface area contributed by atoms with E-state index in [1.165, 1.54) is 5.57 Å². The van der Waals surface area contributed by atoms with E-state index in [1.54, 1.807) is 17.6 Å². The first kappa shape index (κ1) is 21.1. The second kappa shape index (κ2) is 10.2. The topological polar surface area (TPSA) is 55.8 Å². The summed E-state index contributed by atoms with van der Waals surface area (Å²) in [6.07, 6.45) is 8.16. The SMILES string of the molecule is C=C/C(=C\C=C/C)CN1C(C)CN(Cc2ccc(C(=O)NO)cc2)C[C@@H]1C. The molecule has 1 fully saturated rings. The van der Waals surface area contributed by atoms with Crippen LogP contribution >= 0.6 is 0 Å². The maximum Gasteiger partial charge on any atom is 0.274 e. The summed E-state index contributed by atoms with van der Waals surface area (Å²) >= 11 is 0. The number of nitrogens with one attached hydrogen (secondary N) is 1. The third kappa shape index (κ3) is 5.89. The molecule has 0 aliphatic carbocycles. The minimum absolute atomic E-state index is 0.446. The molecule has 1 aliphatic heterocycles. The van der Waals surface area contributed by atoms with Gasteiger partial charge in [-0.3, -0.25) is 19.8 Å². The highest BCUT2D eigenvalue weighted by Crippen LogP contribution is 2.20. The molecule has 146 valence electrons. The number of amides is 1. The van der Waals surface area contributed by atoms with Gasteiger partial charge in [-0.2, -0.15) is 0 Å². The van der Waals surface area contributed by atoms with E-state index in [2.05, 4.69) is 42.4 Å². The normalized spacial score (nSPS) is 22.1. The third-order valence-corrected chi connectivity index (χ3v) is 5.03. The fourth-order valence-electron chi connectivity index (χ4n) is 3.61. The molecule has 1 amide bonds. The first-order valence-corrected chi connectivity index (χ1v) is 9.44. The lowest BCUT2D eigenvalue weighted by Gasteiger charge is -2.44. The van der Waals surface area contributed by atoms with E-state index in [-0.39, 0.29) is 0 Å². The molecular weight excluding hydrogens is 338 g/mol. The van der Waals surface area contributed by atoms with E-state index in [9.17, 15) is 4.79 Å². The van der Waals surface area contributed by atoms with Crippen molar-refractivity contribution in [2.24, 2.45) is 0 Å². The van der Waals surface area contributed by atoms with Gasteiger partial charge < -0.3 is 0 Å². The summed E-state index contributed by atoms with van der Waals surface area (Å²) in [7, 11) is 0. The van der Waals surface area contributed by atoms with Crippen molar-refractivity contribution in [2.45, 2.75) is 39.4 Å². The predicted molar refractivity (Wildman–Crippen MR) is 110 cm³/mol. The van der Waals surface area contributed by atoms with Crippen molar-refractivity contribution in [2.75, 3.05) is 19.6 Å². The van der Waals surface area contributed by atoms with Crippen LogP contribution in [-0.2, 0) is 6.54 Å². The molecule has 0 aromatic heterocycles. The molecule has 5 nitrogen and oxygen atoms in total. The summed E-state index contributed by atoms with van der Waals surface area (Å²) in [5.41, 5.74) is 4.52. The van der Waals surface area contributed by atoms with Crippen LogP contribution in [0, 0.1) is 0 Å². The summed E-state index contributed by atoms with van der Waals surface area (Å²) in [5.74, 6) is -0.485. The predicted octanol–water partition coefficient (Wildman–Crippen LogP) is 3.39. The Morgan fingerprint density at radius 3 is 2.41 bits per heavy atom. The Balaban J connectivity index is 1.98. The van der Waals surface area contributed by atoms with E-state index in [0.29, 0.717) is 17.6 Å². The Labute approximate surface area is 162 Å². The molecule has 1 aliphatic rings. The van der Waals surface area contributed by atoms with Crippen molar-refractivity contribution >= 4 is 5.91 Å². The molecule has 2 N–H and O–H groups in total. The number of hydrogen-bond acceptors (Lipinski definition) is 4. The van der Waals surface area contributed by atoms with Crippen LogP contribution in [-0.4, -0.2) is 52.6 Å². The molecule has 1 saturated heterocycles. The highest BCUT2D eigenvalue weighted by molar-refractivity contribution is 5.93. The van der Waals surface area contributed by atoms with Gasteiger partial charge in [0.15, 0.2) is 0 Å². The summed E-state index contributed by atoms with van der Waals surface area (Å²) in [5, 5.41) is 8.70. The summed E-state index contributed by atoms with van der Waals surface area (Å²) in [6, 6.07) is 8.27. The molecule has 1 aromatic carbocycles. The van der Waals surface area contributed by atoms with E-state index in [1.807, 2.05) is 31.2 Å². The van der Waals surface area contributed by atoms with Gasteiger partial charge in [-0.15, -0.1) is 0 Å². The zero-order chi connectivity index (χ0) is 19.8. The molecular formula is C22H31N3O2. The van der Waals surface area contributed by atoms with Gasteiger partial charge in [0, 0.05) is 43.8 Å². The molecule has 27 heavy (non-hydrogen) atoms. The average molecular weight is 370 g/mol. The number of piperazine rings is 1. The van der Waals surface area contributed by atoms with Crippen LogP contribution in [0.25, 0.3) is 0 Å². The van der Waals surface area contributed by atoms with Crippen molar-refractivity contribution in [1.29, 1.82) is 0 Å². The molecule has 2 rings (SSSR count). The second-order valence-corrected chi connectivity index (χ2v) is 7.17. The van der Waals surface area contributed by atoms with E-state index < -0.39 is 5.91 Å². The third-order valence-electron chi connectivity index (χ3n) is 5.03. The first-order valence-electron chi connectivity index (χ1n) is 9.44. The van der Waals surface area contributed by atoms with Crippen LogP contribution < -0.4 is 5.48 Å². The first-order chi connectivity index (χ1) is 13.0. The van der Waals surface area contributed by atoms with Crippen molar-refractivity contribution in [1.82, 2.24) is 15.3 Å². The number of nitrogens with zero attached hydrogens (tertiary/aromatic N) is 2. The van der Waals surface area contributed by atoms with E-state index in [4.69, 9.17) is 5.21 Å². The lowest BCUT2D eigenvalue weighted by molar-refractivity contribution is 0.0427. The van der Waals surface area contributed by atoms with E-state index >= 15 is 0 Å². The van der Waals surface area contributed by atoms with Gasteiger partial charge >= 0.3 is 0 Å². The standard InChI is InChI=1S/C22H31N3O2/c1-5-7-8-19(6-2)16-25-17(3)13-24(14-18(25)4)15-20-9-11-21(12-10-20)22(26)23-27/h5-12,17-18,27H,2,13-16H2,1,3-4H3,(H,23,26)/b7-5-,19-8+/t17-,18?/m0/s1. The van der Waals surface area contributed by atoms with Gasteiger partial charge in [0.1, 0.15) is 0 Å². The van der Waals surface area contributed by atoms with Crippen LogP contribution in [0.15, 0.2) is 60.7 Å². The Kier molecular flexibility index (Phi) is 7.98. The van der Waals surface area contributed by atoms with Gasteiger partial charge in [0.2, 0.25) is 0 Å². The molecule has 0 saturated carbocycles. The van der Waals surface area contributed by atoms with Crippen LogP contribution in [0.5, 0.6) is 0 Å². The van der Waals surface area contributed by atoms with Gasteiger partial charge in [-0.25, -0.2) is 5.48 Å². The van der Waals surface area contributed by atoms with Gasteiger partial charge in [-0.05, 0) is 44.0 Å². The van der Waals surface area contributed by atoms with Gasteiger partial charge in [0.05, 0.1) is 0 Å². The summed E-state index contributed by atoms with van der Waals surface area (Å²) < 4.78 is 0. The minimum atomic E-state index is -0.485. The smallest absolute Gasteiger partial charge is 0.274 e.